The molecule has 3 heteroatoms. The number of ether oxygens (including phenoxy) is 3. The zero-order valence-electron chi connectivity index (χ0n) is 9.32. The summed E-state index contributed by atoms with van der Waals surface area (Å²) in [6.45, 7) is 2.82. The third kappa shape index (κ3) is 3.63. The summed E-state index contributed by atoms with van der Waals surface area (Å²) in [5.41, 5.74) is 2.02. The van der Waals surface area contributed by atoms with Gasteiger partial charge in [0, 0.05) is 21.3 Å². The van der Waals surface area contributed by atoms with Gasteiger partial charge >= 0.3 is 0 Å². The van der Waals surface area contributed by atoms with E-state index in [1.807, 2.05) is 18.2 Å². The molecule has 0 aromatic carbocycles. The Hall–Kier alpha value is -0.900. The molecule has 0 fully saturated rings. The number of rotatable bonds is 5. The molecular formula is C12H16O3. The van der Waals surface area contributed by atoms with Gasteiger partial charge in [0.2, 0.25) is 0 Å². The van der Waals surface area contributed by atoms with Crippen molar-refractivity contribution < 1.29 is 14.2 Å². The molecule has 82 valence electrons. The van der Waals surface area contributed by atoms with Crippen molar-refractivity contribution in [3.8, 4) is 0 Å². The van der Waals surface area contributed by atoms with Gasteiger partial charge in [0.05, 0.1) is 0 Å². The van der Waals surface area contributed by atoms with Crippen molar-refractivity contribution in [1.29, 1.82) is 0 Å². The van der Waals surface area contributed by atoms with Crippen LogP contribution >= 0.6 is 0 Å². The van der Waals surface area contributed by atoms with E-state index in [0.29, 0.717) is 0 Å². The fraction of sp³-hybridized carbons (Fsp3) is 0.417. The van der Waals surface area contributed by atoms with Crippen LogP contribution in [0.4, 0.5) is 0 Å². The average molecular weight is 208 g/mol. The molecule has 1 aliphatic carbocycles. The molecular weight excluding hydrogens is 192 g/mol. The predicted octanol–water partition coefficient (Wildman–Crippen LogP) is 2.10. The molecule has 0 atom stereocenters. The standard InChI is InChI=1S/C12H16O3/c1-13-9-11-7-5-4-6-10(11)8-12(14-2)15-3/h4-5,7-8,12H,6H2,1-3H3. The lowest BCUT2D eigenvalue weighted by atomic mass is 9.98. The molecule has 0 heterocycles. The highest BCUT2D eigenvalue weighted by Gasteiger charge is 2.10. The van der Waals surface area contributed by atoms with Crippen LogP contribution in [-0.4, -0.2) is 27.6 Å². The maximum atomic E-state index is 5.11. The Morgan fingerprint density at radius 1 is 1.33 bits per heavy atom. The highest BCUT2D eigenvalue weighted by Crippen LogP contribution is 2.22. The number of hydrogen-bond acceptors (Lipinski definition) is 3. The van der Waals surface area contributed by atoms with Gasteiger partial charge in [0.15, 0.2) is 12.9 Å². The molecule has 0 unspecified atom stereocenters. The molecule has 0 aromatic rings. The maximum Gasteiger partial charge on any atom is 0.176 e. The van der Waals surface area contributed by atoms with Gasteiger partial charge < -0.3 is 14.2 Å². The molecule has 0 bridgehead atoms. The van der Waals surface area contributed by atoms with Crippen molar-refractivity contribution in [2.75, 3.05) is 21.3 Å². The van der Waals surface area contributed by atoms with Gasteiger partial charge in [-0.05, 0) is 23.6 Å². The van der Waals surface area contributed by atoms with E-state index >= 15 is 0 Å². The van der Waals surface area contributed by atoms with Crippen molar-refractivity contribution in [1.82, 2.24) is 0 Å². The first kappa shape index (κ1) is 12.2. The summed E-state index contributed by atoms with van der Waals surface area (Å²) in [4.78, 5) is 0. The van der Waals surface area contributed by atoms with Crippen LogP contribution < -0.4 is 0 Å². The van der Waals surface area contributed by atoms with Crippen LogP contribution in [0.5, 0.6) is 0 Å². The van der Waals surface area contributed by atoms with E-state index in [9.17, 15) is 0 Å². The Morgan fingerprint density at radius 3 is 2.67 bits per heavy atom. The number of allylic oxidation sites excluding steroid dienone is 3. The minimum atomic E-state index is -0.325. The smallest absolute Gasteiger partial charge is 0.176 e. The first-order valence-corrected chi connectivity index (χ1v) is 4.74. The molecule has 0 aliphatic heterocycles. The van der Waals surface area contributed by atoms with Crippen LogP contribution in [0.3, 0.4) is 0 Å². The average Bonchev–Trinajstić information content (AvgIpc) is 2.28. The fourth-order valence-corrected chi connectivity index (χ4v) is 1.34. The SMILES string of the molecule is CO[C]C1=CC=CCC1=CC(OC)OC. The molecule has 0 spiro atoms. The number of methoxy groups -OCH3 is 3. The van der Waals surface area contributed by atoms with Crippen molar-refractivity contribution in [2.45, 2.75) is 12.7 Å². The Kier molecular flexibility index (Phi) is 5.32. The zero-order valence-corrected chi connectivity index (χ0v) is 9.32. The lowest BCUT2D eigenvalue weighted by Crippen LogP contribution is -2.11. The predicted molar refractivity (Wildman–Crippen MR) is 58.0 cm³/mol. The van der Waals surface area contributed by atoms with E-state index in [1.54, 1.807) is 21.3 Å². The van der Waals surface area contributed by atoms with Crippen molar-refractivity contribution in [3.05, 3.63) is 42.1 Å². The zero-order chi connectivity index (χ0) is 11.1. The van der Waals surface area contributed by atoms with E-state index in [4.69, 9.17) is 14.2 Å². The minimum Gasteiger partial charge on any atom is -0.366 e. The van der Waals surface area contributed by atoms with Crippen LogP contribution in [0.25, 0.3) is 0 Å². The fourth-order valence-electron chi connectivity index (χ4n) is 1.34. The lowest BCUT2D eigenvalue weighted by Gasteiger charge is -2.15. The van der Waals surface area contributed by atoms with E-state index in [2.05, 4.69) is 12.7 Å². The third-order valence-corrected chi connectivity index (χ3v) is 2.10. The van der Waals surface area contributed by atoms with Crippen LogP contribution in [0.2, 0.25) is 0 Å². The van der Waals surface area contributed by atoms with Gasteiger partial charge in [0.1, 0.15) is 0 Å². The van der Waals surface area contributed by atoms with E-state index in [0.717, 1.165) is 17.6 Å². The van der Waals surface area contributed by atoms with E-state index in [-0.39, 0.29) is 6.29 Å². The first-order chi connectivity index (χ1) is 7.31. The Morgan fingerprint density at radius 2 is 2.07 bits per heavy atom. The molecule has 0 aromatic heterocycles. The Labute approximate surface area is 91.0 Å². The Balaban J connectivity index is 2.75. The molecule has 3 nitrogen and oxygen atoms in total. The second-order valence-electron chi connectivity index (χ2n) is 3.05. The van der Waals surface area contributed by atoms with Crippen LogP contribution in [0.15, 0.2) is 35.5 Å². The molecule has 0 saturated heterocycles. The van der Waals surface area contributed by atoms with Gasteiger partial charge in [-0.25, -0.2) is 0 Å². The summed E-state index contributed by atoms with van der Waals surface area (Å²) in [6, 6.07) is 0. The van der Waals surface area contributed by atoms with Gasteiger partial charge in [-0.1, -0.05) is 18.2 Å². The van der Waals surface area contributed by atoms with Gasteiger partial charge in [-0.15, -0.1) is 0 Å². The summed E-state index contributed by atoms with van der Waals surface area (Å²) in [5, 5.41) is 0. The second kappa shape index (κ2) is 6.56. The molecule has 1 rings (SSSR count). The minimum absolute atomic E-state index is 0.325. The monoisotopic (exact) mass is 208 g/mol. The van der Waals surface area contributed by atoms with Crippen LogP contribution in [-0.2, 0) is 14.2 Å². The summed E-state index contributed by atoms with van der Waals surface area (Å²) >= 11 is 0. The molecule has 0 amide bonds. The normalized spacial score (nSPS) is 18.7. The van der Waals surface area contributed by atoms with Gasteiger partial charge in [-0.3, -0.25) is 0 Å². The lowest BCUT2D eigenvalue weighted by molar-refractivity contribution is -0.0670. The summed E-state index contributed by atoms with van der Waals surface area (Å²) in [5.74, 6) is 0. The van der Waals surface area contributed by atoms with Crippen molar-refractivity contribution >= 4 is 0 Å². The maximum absolute atomic E-state index is 5.11. The quantitative estimate of drug-likeness (QED) is 0.647. The molecule has 15 heavy (non-hydrogen) atoms. The van der Waals surface area contributed by atoms with Crippen LogP contribution in [0.1, 0.15) is 6.42 Å². The molecule has 0 saturated carbocycles. The summed E-state index contributed by atoms with van der Waals surface area (Å²) in [7, 11) is 4.80. The number of hydrogen-bond donors (Lipinski definition) is 0. The van der Waals surface area contributed by atoms with Gasteiger partial charge in [0.25, 0.3) is 0 Å². The third-order valence-electron chi connectivity index (χ3n) is 2.10. The topological polar surface area (TPSA) is 27.7 Å². The first-order valence-electron chi connectivity index (χ1n) is 4.74. The van der Waals surface area contributed by atoms with Crippen molar-refractivity contribution in [3.63, 3.8) is 0 Å². The highest BCUT2D eigenvalue weighted by molar-refractivity contribution is 5.42. The van der Waals surface area contributed by atoms with Crippen LogP contribution in [0, 0.1) is 6.61 Å². The van der Waals surface area contributed by atoms with E-state index in [1.165, 1.54) is 0 Å². The van der Waals surface area contributed by atoms with Gasteiger partial charge in [-0.2, -0.15) is 0 Å². The molecule has 0 N–H and O–H groups in total. The highest BCUT2D eigenvalue weighted by atomic mass is 16.7. The molecule has 1 aliphatic rings. The van der Waals surface area contributed by atoms with Crippen molar-refractivity contribution in [2.24, 2.45) is 0 Å². The summed E-state index contributed by atoms with van der Waals surface area (Å²) < 4.78 is 15.1. The largest absolute Gasteiger partial charge is 0.366 e. The second-order valence-corrected chi connectivity index (χ2v) is 3.05. The van der Waals surface area contributed by atoms with E-state index < -0.39 is 0 Å². The Bertz CT molecular complexity index is 273. The summed E-state index contributed by atoms with van der Waals surface area (Å²) in [6.07, 6.45) is 8.42. The molecule has 2 radical (unpaired) electrons.